The first-order valence-electron chi connectivity index (χ1n) is 6.06. The van der Waals surface area contributed by atoms with Crippen LogP contribution in [0.1, 0.15) is 45.4 Å². The van der Waals surface area contributed by atoms with E-state index in [4.69, 9.17) is 11.0 Å². The highest BCUT2D eigenvalue weighted by Crippen LogP contribution is 2.37. The van der Waals surface area contributed by atoms with E-state index in [0.717, 1.165) is 32.1 Å². The second-order valence-corrected chi connectivity index (χ2v) is 4.63. The highest BCUT2D eigenvalue weighted by Gasteiger charge is 2.40. The molecule has 3 N–H and O–H groups in total. The van der Waals surface area contributed by atoms with E-state index in [2.05, 4.69) is 11.4 Å². The van der Waals surface area contributed by atoms with Crippen LogP contribution in [0.3, 0.4) is 0 Å². The molecule has 1 fully saturated rings. The average molecular weight is 223 g/mol. The summed E-state index contributed by atoms with van der Waals surface area (Å²) in [5.74, 6) is 0.0506. The molecule has 0 heterocycles. The number of nitrogens with zero attached hydrogens (tertiary/aromatic N) is 1. The lowest BCUT2D eigenvalue weighted by atomic mass is 9.85. The molecule has 0 aromatic heterocycles. The number of hydrogen-bond acceptors (Lipinski definition) is 3. The van der Waals surface area contributed by atoms with Crippen molar-refractivity contribution in [2.24, 2.45) is 11.1 Å². The minimum absolute atomic E-state index is 0.0264. The van der Waals surface area contributed by atoms with E-state index in [1.54, 1.807) is 0 Å². The molecule has 0 aromatic rings. The molecule has 1 aliphatic carbocycles. The second kappa shape index (κ2) is 5.86. The van der Waals surface area contributed by atoms with Crippen LogP contribution in [0.25, 0.3) is 0 Å². The van der Waals surface area contributed by atoms with E-state index < -0.39 is 0 Å². The zero-order valence-electron chi connectivity index (χ0n) is 9.96. The van der Waals surface area contributed by atoms with Crippen LogP contribution < -0.4 is 11.1 Å². The first-order chi connectivity index (χ1) is 7.68. The monoisotopic (exact) mass is 223 g/mol. The number of hydrogen-bond donors (Lipinski definition) is 2. The molecule has 1 amide bonds. The van der Waals surface area contributed by atoms with E-state index in [9.17, 15) is 4.79 Å². The fourth-order valence-corrected chi connectivity index (χ4v) is 2.32. The van der Waals surface area contributed by atoms with Crippen LogP contribution in [0.4, 0.5) is 0 Å². The van der Waals surface area contributed by atoms with Gasteiger partial charge in [-0.05, 0) is 19.3 Å². The molecule has 1 rings (SSSR count). The third-order valence-corrected chi connectivity index (χ3v) is 3.60. The normalized spacial score (nSPS) is 20.1. The Morgan fingerprint density at radius 1 is 1.56 bits per heavy atom. The summed E-state index contributed by atoms with van der Waals surface area (Å²) < 4.78 is 0. The van der Waals surface area contributed by atoms with Gasteiger partial charge >= 0.3 is 0 Å². The Balaban J connectivity index is 2.59. The fraction of sp³-hybridized carbons (Fsp3) is 0.833. The molecule has 0 spiro atoms. The standard InChI is InChI=1S/C12H21N3O/c1-2-10(5-8-13)15-11(16)12(9-14)6-3-4-7-12/h10H,2-7,9,14H2,1H3,(H,15,16). The van der Waals surface area contributed by atoms with Gasteiger partial charge in [-0.2, -0.15) is 5.26 Å². The summed E-state index contributed by atoms with van der Waals surface area (Å²) in [6, 6.07) is 2.07. The topological polar surface area (TPSA) is 78.9 Å². The Morgan fingerprint density at radius 2 is 2.19 bits per heavy atom. The molecule has 16 heavy (non-hydrogen) atoms. The van der Waals surface area contributed by atoms with Gasteiger partial charge in [-0.3, -0.25) is 4.79 Å². The number of nitrogens with one attached hydrogen (secondary N) is 1. The van der Waals surface area contributed by atoms with E-state index >= 15 is 0 Å². The number of rotatable bonds is 5. The van der Waals surface area contributed by atoms with Gasteiger partial charge in [0.1, 0.15) is 0 Å². The minimum atomic E-state index is -0.358. The molecule has 0 radical (unpaired) electrons. The maximum atomic E-state index is 12.1. The molecule has 0 saturated heterocycles. The Hall–Kier alpha value is -1.08. The minimum Gasteiger partial charge on any atom is -0.352 e. The highest BCUT2D eigenvalue weighted by molar-refractivity contribution is 5.83. The zero-order valence-corrected chi connectivity index (χ0v) is 9.96. The molecule has 0 bridgehead atoms. The van der Waals surface area contributed by atoms with E-state index in [-0.39, 0.29) is 17.4 Å². The lowest BCUT2D eigenvalue weighted by molar-refractivity contribution is -0.131. The summed E-state index contributed by atoms with van der Waals surface area (Å²) in [6.07, 6.45) is 5.11. The number of carbonyl (C=O) groups excluding carboxylic acids is 1. The van der Waals surface area contributed by atoms with Crippen molar-refractivity contribution >= 4 is 5.91 Å². The van der Waals surface area contributed by atoms with Crippen LogP contribution in [-0.4, -0.2) is 18.5 Å². The first kappa shape index (κ1) is 13.0. The van der Waals surface area contributed by atoms with Crippen molar-refractivity contribution in [1.82, 2.24) is 5.32 Å². The van der Waals surface area contributed by atoms with Crippen LogP contribution in [0.15, 0.2) is 0 Å². The van der Waals surface area contributed by atoms with Crippen molar-refractivity contribution in [1.29, 1.82) is 5.26 Å². The van der Waals surface area contributed by atoms with Crippen LogP contribution in [0, 0.1) is 16.7 Å². The smallest absolute Gasteiger partial charge is 0.227 e. The Kier molecular flexibility index (Phi) is 4.75. The van der Waals surface area contributed by atoms with Crippen LogP contribution in [-0.2, 0) is 4.79 Å². The number of carbonyl (C=O) groups is 1. The molecule has 4 nitrogen and oxygen atoms in total. The van der Waals surface area contributed by atoms with E-state index in [1.807, 2.05) is 6.92 Å². The van der Waals surface area contributed by atoms with Crippen molar-refractivity contribution in [3.63, 3.8) is 0 Å². The molecule has 1 unspecified atom stereocenters. The van der Waals surface area contributed by atoms with Gasteiger partial charge in [0.05, 0.1) is 17.9 Å². The van der Waals surface area contributed by atoms with Crippen LogP contribution in [0.2, 0.25) is 0 Å². The molecule has 1 aliphatic rings. The Labute approximate surface area is 97.2 Å². The molecular weight excluding hydrogens is 202 g/mol. The number of nitrogens with two attached hydrogens (primary N) is 1. The summed E-state index contributed by atoms with van der Waals surface area (Å²) in [6.45, 7) is 2.40. The van der Waals surface area contributed by atoms with Crippen molar-refractivity contribution in [3.05, 3.63) is 0 Å². The lowest BCUT2D eigenvalue weighted by Crippen LogP contribution is -2.47. The largest absolute Gasteiger partial charge is 0.352 e. The molecule has 1 saturated carbocycles. The van der Waals surface area contributed by atoms with Gasteiger partial charge in [-0.15, -0.1) is 0 Å². The summed E-state index contributed by atoms with van der Waals surface area (Å²) >= 11 is 0. The molecule has 0 aromatic carbocycles. The average Bonchev–Trinajstić information content (AvgIpc) is 2.78. The van der Waals surface area contributed by atoms with Crippen molar-refractivity contribution in [2.45, 2.75) is 51.5 Å². The summed E-state index contributed by atoms with van der Waals surface area (Å²) in [4.78, 5) is 12.1. The van der Waals surface area contributed by atoms with Gasteiger partial charge in [0.2, 0.25) is 5.91 Å². The highest BCUT2D eigenvalue weighted by atomic mass is 16.2. The summed E-state index contributed by atoms with van der Waals surface area (Å²) in [5.41, 5.74) is 5.38. The third kappa shape index (κ3) is 2.73. The zero-order chi connectivity index (χ0) is 12.0. The van der Waals surface area contributed by atoms with Crippen molar-refractivity contribution in [3.8, 4) is 6.07 Å². The third-order valence-electron chi connectivity index (χ3n) is 3.60. The van der Waals surface area contributed by atoms with Crippen molar-refractivity contribution in [2.75, 3.05) is 6.54 Å². The fourth-order valence-electron chi connectivity index (χ4n) is 2.32. The number of nitriles is 1. The SMILES string of the molecule is CCC(CC#N)NC(=O)C1(CN)CCCC1. The second-order valence-electron chi connectivity index (χ2n) is 4.63. The van der Waals surface area contributed by atoms with Gasteiger partial charge in [-0.25, -0.2) is 0 Å². The summed E-state index contributed by atoms with van der Waals surface area (Å²) in [7, 11) is 0. The molecule has 0 aliphatic heterocycles. The van der Waals surface area contributed by atoms with E-state index in [1.165, 1.54) is 0 Å². The van der Waals surface area contributed by atoms with Gasteiger partial charge in [0.15, 0.2) is 0 Å². The molecule has 90 valence electrons. The first-order valence-corrected chi connectivity index (χ1v) is 6.06. The van der Waals surface area contributed by atoms with Gasteiger partial charge in [0.25, 0.3) is 0 Å². The predicted molar refractivity (Wildman–Crippen MR) is 62.4 cm³/mol. The molecule has 1 atom stereocenters. The molecular formula is C12H21N3O. The predicted octanol–water partition coefficient (Wildman–Crippen LogP) is 1.31. The van der Waals surface area contributed by atoms with Gasteiger partial charge in [0, 0.05) is 12.6 Å². The Morgan fingerprint density at radius 3 is 2.62 bits per heavy atom. The van der Waals surface area contributed by atoms with Crippen molar-refractivity contribution < 1.29 is 4.79 Å². The lowest BCUT2D eigenvalue weighted by Gasteiger charge is -2.28. The van der Waals surface area contributed by atoms with Gasteiger partial charge < -0.3 is 11.1 Å². The quantitative estimate of drug-likeness (QED) is 0.737. The maximum absolute atomic E-state index is 12.1. The van der Waals surface area contributed by atoms with Gasteiger partial charge in [-0.1, -0.05) is 19.8 Å². The molecule has 4 heteroatoms. The van der Waals surface area contributed by atoms with Crippen LogP contribution in [0.5, 0.6) is 0 Å². The summed E-state index contributed by atoms with van der Waals surface area (Å²) in [5, 5.41) is 11.6. The number of amides is 1. The van der Waals surface area contributed by atoms with Crippen LogP contribution >= 0.6 is 0 Å². The Bertz CT molecular complexity index is 276. The van der Waals surface area contributed by atoms with E-state index in [0.29, 0.717) is 13.0 Å². The maximum Gasteiger partial charge on any atom is 0.227 e.